The molecule has 2 rings (SSSR count). The molecule has 0 saturated heterocycles. The number of aliphatic hydroxyl groups is 1. The molecule has 1 amide bonds. The van der Waals surface area contributed by atoms with Crippen LogP contribution in [0.15, 0.2) is 24.3 Å². The number of aliphatic hydroxyl groups excluding tert-OH is 1. The Labute approximate surface area is 114 Å². The molecular formula is C15H22N2O2. The van der Waals surface area contributed by atoms with Crippen LogP contribution in [0.3, 0.4) is 0 Å². The Morgan fingerprint density at radius 2 is 1.89 bits per heavy atom. The van der Waals surface area contributed by atoms with Crippen molar-refractivity contribution in [2.75, 3.05) is 5.73 Å². The SMILES string of the molecule is CC(O)C(C)(C)NC(=O)C1(c2ccc(N)cc2)CC1. The Bertz CT molecular complexity index is 473. The number of hydrogen-bond acceptors (Lipinski definition) is 3. The molecule has 0 spiro atoms. The molecule has 0 heterocycles. The van der Waals surface area contributed by atoms with Crippen LogP contribution in [0.4, 0.5) is 5.69 Å². The van der Waals surface area contributed by atoms with E-state index in [2.05, 4.69) is 5.32 Å². The zero-order valence-electron chi connectivity index (χ0n) is 11.7. The zero-order chi connectivity index (χ0) is 14.3. The zero-order valence-corrected chi connectivity index (χ0v) is 11.7. The molecule has 1 aromatic carbocycles. The van der Waals surface area contributed by atoms with Crippen molar-refractivity contribution in [1.29, 1.82) is 0 Å². The van der Waals surface area contributed by atoms with Gasteiger partial charge in [-0.25, -0.2) is 0 Å². The number of rotatable bonds is 4. The van der Waals surface area contributed by atoms with Crippen LogP contribution in [0, 0.1) is 0 Å². The summed E-state index contributed by atoms with van der Waals surface area (Å²) in [6.07, 6.45) is 1.09. The van der Waals surface area contributed by atoms with E-state index in [9.17, 15) is 9.90 Å². The van der Waals surface area contributed by atoms with E-state index < -0.39 is 17.1 Å². The van der Waals surface area contributed by atoms with Gasteiger partial charge in [-0.15, -0.1) is 0 Å². The second-order valence-corrected chi connectivity index (χ2v) is 6.06. The molecular weight excluding hydrogens is 240 g/mol. The quantitative estimate of drug-likeness (QED) is 0.721. The molecule has 0 radical (unpaired) electrons. The first-order chi connectivity index (χ1) is 8.78. The van der Waals surface area contributed by atoms with Gasteiger partial charge in [0.05, 0.1) is 17.1 Å². The third kappa shape index (κ3) is 2.59. The molecule has 1 fully saturated rings. The number of benzene rings is 1. The molecule has 4 heteroatoms. The summed E-state index contributed by atoms with van der Waals surface area (Å²) in [5.41, 5.74) is 6.32. The first kappa shape index (κ1) is 13.9. The Hall–Kier alpha value is -1.55. The van der Waals surface area contributed by atoms with Gasteiger partial charge in [-0.05, 0) is 51.3 Å². The van der Waals surface area contributed by atoms with E-state index >= 15 is 0 Å². The van der Waals surface area contributed by atoms with E-state index in [1.165, 1.54) is 0 Å². The first-order valence-corrected chi connectivity index (χ1v) is 6.65. The van der Waals surface area contributed by atoms with E-state index in [-0.39, 0.29) is 5.91 Å². The van der Waals surface area contributed by atoms with Crippen molar-refractivity contribution in [2.45, 2.75) is 50.7 Å². The molecule has 1 aromatic rings. The lowest BCUT2D eigenvalue weighted by molar-refractivity contribution is -0.126. The normalized spacial score (nSPS) is 18.7. The van der Waals surface area contributed by atoms with Crippen molar-refractivity contribution in [3.05, 3.63) is 29.8 Å². The van der Waals surface area contributed by atoms with Gasteiger partial charge in [-0.2, -0.15) is 0 Å². The molecule has 4 nitrogen and oxygen atoms in total. The van der Waals surface area contributed by atoms with Crippen molar-refractivity contribution in [3.8, 4) is 0 Å². The molecule has 1 unspecified atom stereocenters. The summed E-state index contributed by atoms with van der Waals surface area (Å²) in [6, 6.07) is 7.47. The van der Waals surface area contributed by atoms with E-state index in [1.807, 2.05) is 38.1 Å². The fourth-order valence-electron chi connectivity index (χ4n) is 2.09. The highest BCUT2D eigenvalue weighted by Gasteiger charge is 2.52. The Kier molecular flexibility index (Phi) is 3.31. The van der Waals surface area contributed by atoms with Gasteiger partial charge in [0.2, 0.25) is 5.91 Å². The molecule has 0 aliphatic heterocycles. The van der Waals surface area contributed by atoms with Crippen molar-refractivity contribution in [3.63, 3.8) is 0 Å². The predicted molar refractivity (Wildman–Crippen MR) is 75.7 cm³/mol. The summed E-state index contributed by atoms with van der Waals surface area (Å²) >= 11 is 0. The van der Waals surface area contributed by atoms with Crippen molar-refractivity contribution in [2.24, 2.45) is 0 Å². The predicted octanol–water partition coefficient (Wildman–Crippen LogP) is 1.58. The van der Waals surface area contributed by atoms with Crippen LogP contribution in [0.25, 0.3) is 0 Å². The van der Waals surface area contributed by atoms with Crippen LogP contribution >= 0.6 is 0 Å². The number of carbonyl (C=O) groups excluding carboxylic acids is 1. The van der Waals surface area contributed by atoms with Crippen LogP contribution in [-0.2, 0) is 10.2 Å². The number of hydrogen-bond donors (Lipinski definition) is 3. The van der Waals surface area contributed by atoms with Crippen LogP contribution in [0.1, 0.15) is 39.2 Å². The summed E-state index contributed by atoms with van der Waals surface area (Å²) in [6.45, 7) is 5.34. The van der Waals surface area contributed by atoms with Gasteiger partial charge >= 0.3 is 0 Å². The Balaban J connectivity index is 2.17. The van der Waals surface area contributed by atoms with Gasteiger partial charge in [0, 0.05) is 5.69 Å². The van der Waals surface area contributed by atoms with Gasteiger partial charge in [0.25, 0.3) is 0 Å². The fraction of sp³-hybridized carbons (Fsp3) is 0.533. The second kappa shape index (κ2) is 4.53. The average molecular weight is 262 g/mol. The van der Waals surface area contributed by atoms with Gasteiger partial charge in [-0.1, -0.05) is 12.1 Å². The summed E-state index contributed by atoms with van der Waals surface area (Å²) in [5.74, 6) is -0.0110. The maximum absolute atomic E-state index is 12.5. The number of amides is 1. The van der Waals surface area contributed by atoms with E-state index in [0.717, 1.165) is 18.4 Å². The highest BCUT2D eigenvalue weighted by atomic mass is 16.3. The lowest BCUT2D eigenvalue weighted by atomic mass is 9.91. The smallest absolute Gasteiger partial charge is 0.231 e. The monoisotopic (exact) mass is 262 g/mol. The molecule has 19 heavy (non-hydrogen) atoms. The van der Waals surface area contributed by atoms with Crippen molar-refractivity contribution < 1.29 is 9.90 Å². The maximum Gasteiger partial charge on any atom is 0.231 e. The number of carbonyl (C=O) groups is 1. The van der Waals surface area contributed by atoms with Crippen LogP contribution < -0.4 is 11.1 Å². The highest BCUT2D eigenvalue weighted by Crippen LogP contribution is 2.48. The molecule has 0 bridgehead atoms. The molecule has 1 aliphatic rings. The minimum absolute atomic E-state index is 0.0110. The van der Waals surface area contributed by atoms with Crippen molar-refractivity contribution >= 4 is 11.6 Å². The molecule has 0 aromatic heterocycles. The van der Waals surface area contributed by atoms with Crippen LogP contribution in [-0.4, -0.2) is 22.7 Å². The topological polar surface area (TPSA) is 75.3 Å². The number of nitrogens with one attached hydrogen (secondary N) is 1. The molecule has 1 aliphatic carbocycles. The Morgan fingerprint density at radius 3 is 2.32 bits per heavy atom. The lowest BCUT2D eigenvalue weighted by Crippen LogP contribution is -2.53. The number of nitrogen functional groups attached to an aromatic ring is 1. The van der Waals surface area contributed by atoms with E-state index in [0.29, 0.717) is 5.69 Å². The van der Waals surface area contributed by atoms with Crippen LogP contribution in [0.5, 0.6) is 0 Å². The standard InChI is InChI=1S/C15H22N2O2/c1-10(18)14(2,3)17-13(19)15(8-9-15)11-4-6-12(16)7-5-11/h4-7,10,18H,8-9,16H2,1-3H3,(H,17,19). The molecule has 1 atom stereocenters. The lowest BCUT2D eigenvalue weighted by Gasteiger charge is -2.31. The van der Waals surface area contributed by atoms with Gasteiger partial charge < -0.3 is 16.2 Å². The van der Waals surface area contributed by atoms with Gasteiger partial charge in [0.15, 0.2) is 0 Å². The summed E-state index contributed by atoms with van der Waals surface area (Å²) < 4.78 is 0. The third-order valence-corrected chi connectivity index (χ3v) is 4.13. The summed E-state index contributed by atoms with van der Waals surface area (Å²) in [5, 5.41) is 12.6. The minimum atomic E-state index is -0.625. The summed E-state index contributed by atoms with van der Waals surface area (Å²) in [7, 11) is 0. The summed E-state index contributed by atoms with van der Waals surface area (Å²) in [4.78, 5) is 12.5. The van der Waals surface area contributed by atoms with E-state index in [4.69, 9.17) is 5.73 Å². The number of anilines is 1. The third-order valence-electron chi connectivity index (χ3n) is 4.13. The van der Waals surface area contributed by atoms with Crippen LogP contribution in [0.2, 0.25) is 0 Å². The fourth-order valence-corrected chi connectivity index (χ4v) is 2.09. The van der Waals surface area contributed by atoms with Gasteiger partial charge in [-0.3, -0.25) is 4.79 Å². The molecule has 4 N–H and O–H groups in total. The molecule has 1 saturated carbocycles. The average Bonchev–Trinajstić information content (AvgIpc) is 3.10. The van der Waals surface area contributed by atoms with Crippen molar-refractivity contribution in [1.82, 2.24) is 5.32 Å². The molecule has 104 valence electrons. The number of nitrogens with two attached hydrogens (primary N) is 1. The van der Waals surface area contributed by atoms with E-state index in [1.54, 1.807) is 6.92 Å². The second-order valence-electron chi connectivity index (χ2n) is 6.06. The van der Waals surface area contributed by atoms with Gasteiger partial charge in [0.1, 0.15) is 0 Å². The minimum Gasteiger partial charge on any atom is -0.399 e. The first-order valence-electron chi connectivity index (χ1n) is 6.65. The Morgan fingerprint density at radius 1 is 1.37 bits per heavy atom. The highest BCUT2D eigenvalue weighted by molar-refractivity contribution is 5.91. The maximum atomic E-state index is 12.5. The largest absolute Gasteiger partial charge is 0.399 e.